The summed E-state index contributed by atoms with van der Waals surface area (Å²) < 4.78 is 0. The molecule has 92 valence electrons. The van der Waals surface area contributed by atoms with Crippen molar-refractivity contribution in [1.29, 1.82) is 0 Å². The van der Waals surface area contributed by atoms with Crippen molar-refractivity contribution in [3.63, 3.8) is 0 Å². The average molecular weight is 280 g/mol. The molecule has 0 aromatic heterocycles. The predicted molar refractivity (Wildman–Crippen MR) is 71.8 cm³/mol. The van der Waals surface area contributed by atoms with Crippen LogP contribution in [-0.2, 0) is 19.5 Å². The van der Waals surface area contributed by atoms with Gasteiger partial charge in [-0.3, -0.25) is 0 Å². The molecular formula is C14H32Li2Zn. The summed E-state index contributed by atoms with van der Waals surface area (Å²) in [6.07, 6.45) is 0. The van der Waals surface area contributed by atoms with Crippen LogP contribution in [0.25, 0.3) is 0 Å². The predicted octanol–water partition coefficient (Wildman–Crippen LogP) is -0.292. The van der Waals surface area contributed by atoms with E-state index in [0.717, 1.165) is 0 Å². The van der Waals surface area contributed by atoms with E-state index in [1.165, 1.54) is 17.8 Å². The monoisotopic (exact) mass is 278 g/mol. The Balaban J connectivity index is -0.0000000152. The second-order valence-corrected chi connectivity index (χ2v) is 4.50. The normalized spacial score (nSPS) is 6.71. The van der Waals surface area contributed by atoms with E-state index in [-0.39, 0.29) is 57.2 Å². The Morgan fingerprint density at radius 1 is 0.471 bits per heavy atom. The van der Waals surface area contributed by atoms with Crippen molar-refractivity contribution in [1.82, 2.24) is 0 Å². The standard InChI is InChI=1S/3C4H9.C2H5.2Li.Zn/c3*1-4(2)3;1-2;;;/h3*1-3H3;1H2,2H3;;;/q4*-1;2*+1;+2. The zero-order valence-corrected chi connectivity index (χ0v) is 17.9. The molecule has 0 aliphatic rings. The van der Waals surface area contributed by atoms with Crippen LogP contribution in [0.15, 0.2) is 0 Å². The summed E-state index contributed by atoms with van der Waals surface area (Å²) in [5.74, 6) is 4.25. The first kappa shape index (κ1) is 42.8. The van der Waals surface area contributed by atoms with Gasteiger partial charge in [0.25, 0.3) is 0 Å². The summed E-state index contributed by atoms with van der Waals surface area (Å²) in [5.41, 5.74) is 0. The third-order valence-electron chi connectivity index (χ3n) is 0. The van der Waals surface area contributed by atoms with E-state index in [1.807, 2.05) is 0 Å². The van der Waals surface area contributed by atoms with Gasteiger partial charge in [-0.15, -0.1) is 0 Å². The van der Waals surface area contributed by atoms with Crippen molar-refractivity contribution in [2.75, 3.05) is 0 Å². The molecule has 0 aliphatic heterocycles. The fraction of sp³-hybridized carbons (Fsp3) is 0.714. The Bertz CT molecular complexity index is 42.7. The molecule has 0 nitrogen and oxygen atoms in total. The van der Waals surface area contributed by atoms with Gasteiger partial charge >= 0.3 is 57.2 Å². The maximum Gasteiger partial charge on any atom is 2.00 e. The van der Waals surface area contributed by atoms with Crippen LogP contribution in [0.3, 0.4) is 0 Å². The molecule has 0 aromatic carbocycles. The van der Waals surface area contributed by atoms with Gasteiger partial charge in [-0.1, -0.05) is 0 Å². The Morgan fingerprint density at radius 2 is 0.471 bits per heavy atom. The second kappa shape index (κ2) is 43.1. The Labute approximate surface area is 150 Å². The average Bonchev–Trinajstić information content (AvgIpc) is 1.86. The van der Waals surface area contributed by atoms with Crippen LogP contribution in [0, 0.1) is 24.7 Å². The zero-order valence-electron chi connectivity index (χ0n) is 14.9. The van der Waals surface area contributed by atoms with Gasteiger partial charge in [0.1, 0.15) is 0 Å². The maximum absolute atomic E-state index is 3.25. The molecule has 0 saturated carbocycles. The van der Waals surface area contributed by atoms with Crippen molar-refractivity contribution >= 4 is 0 Å². The molecule has 0 unspecified atom stereocenters. The minimum Gasteiger partial charge on any atom is -0.346 e. The van der Waals surface area contributed by atoms with Crippen LogP contribution in [-0.4, -0.2) is 0 Å². The minimum atomic E-state index is 0. The zero-order chi connectivity index (χ0) is 12.7. The topological polar surface area (TPSA) is 0 Å². The number of hydrogen-bond acceptors (Lipinski definition) is 0. The molecule has 0 bridgehead atoms. The third kappa shape index (κ3) is 1350. The summed E-state index contributed by atoms with van der Waals surface area (Å²) in [5, 5.41) is 0. The molecule has 0 aromatic rings. The first-order valence-electron chi connectivity index (χ1n) is 5.21. The van der Waals surface area contributed by atoms with Crippen LogP contribution >= 0.6 is 0 Å². The fourth-order valence-electron chi connectivity index (χ4n) is 0. The van der Waals surface area contributed by atoms with E-state index in [4.69, 9.17) is 0 Å². The molecule has 0 spiro atoms. The third-order valence-corrected chi connectivity index (χ3v) is 0. The van der Waals surface area contributed by atoms with Crippen LogP contribution < -0.4 is 37.7 Å². The molecule has 0 fully saturated rings. The van der Waals surface area contributed by atoms with Crippen molar-refractivity contribution in [2.24, 2.45) is 0 Å². The molecule has 3 heteroatoms. The van der Waals surface area contributed by atoms with Crippen molar-refractivity contribution < 1.29 is 57.2 Å². The van der Waals surface area contributed by atoms with Crippen molar-refractivity contribution in [3.8, 4) is 0 Å². The van der Waals surface area contributed by atoms with E-state index in [2.05, 4.69) is 69.2 Å². The van der Waals surface area contributed by atoms with Crippen LogP contribution in [0.1, 0.15) is 69.2 Å². The summed E-state index contributed by atoms with van der Waals surface area (Å²) in [6, 6.07) is 0. The van der Waals surface area contributed by atoms with Crippen LogP contribution in [0.5, 0.6) is 0 Å². The van der Waals surface area contributed by atoms with Gasteiger partial charge < -0.3 is 24.7 Å². The minimum absolute atomic E-state index is 0. The van der Waals surface area contributed by atoms with E-state index >= 15 is 0 Å². The molecule has 0 aliphatic carbocycles. The largest absolute Gasteiger partial charge is 2.00 e. The van der Waals surface area contributed by atoms with Gasteiger partial charge in [-0.05, 0) is 0 Å². The Morgan fingerprint density at radius 3 is 0.471 bits per heavy atom. The summed E-state index contributed by atoms with van der Waals surface area (Å²) in [6.45, 7) is 23.8. The first-order chi connectivity index (χ1) is 6.20. The van der Waals surface area contributed by atoms with Gasteiger partial charge in [-0.25, -0.2) is 0 Å². The van der Waals surface area contributed by atoms with Crippen LogP contribution in [0.4, 0.5) is 0 Å². The molecule has 0 atom stereocenters. The molecule has 0 rings (SSSR count). The summed E-state index contributed by atoms with van der Waals surface area (Å²) in [4.78, 5) is 0. The first-order valence-corrected chi connectivity index (χ1v) is 5.21. The van der Waals surface area contributed by atoms with E-state index < -0.39 is 0 Å². The number of hydrogen-bond donors (Lipinski definition) is 0. The van der Waals surface area contributed by atoms with Gasteiger partial charge in [0.15, 0.2) is 0 Å². The van der Waals surface area contributed by atoms with Gasteiger partial charge in [0.05, 0.1) is 0 Å². The van der Waals surface area contributed by atoms with E-state index in [0.29, 0.717) is 0 Å². The molecule has 0 heterocycles. The quantitative estimate of drug-likeness (QED) is 0.422. The molecule has 17 heavy (non-hydrogen) atoms. The fourth-order valence-corrected chi connectivity index (χ4v) is 0. The SMILES string of the molecule is C[C-](C)C.C[C-](C)C.C[C-](C)C.[CH2-]C.[Li+].[Li+].[Zn+2]. The summed E-state index contributed by atoms with van der Waals surface area (Å²) in [7, 11) is 0. The number of rotatable bonds is 0. The van der Waals surface area contributed by atoms with E-state index in [9.17, 15) is 0 Å². The van der Waals surface area contributed by atoms with Gasteiger partial charge in [-0.2, -0.15) is 69.2 Å². The van der Waals surface area contributed by atoms with Crippen molar-refractivity contribution in [2.45, 2.75) is 69.2 Å². The van der Waals surface area contributed by atoms with Gasteiger partial charge in [0.2, 0.25) is 0 Å². The Kier molecular flexibility index (Phi) is 108. The smallest absolute Gasteiger partial charge is 0.346 e. The molecule has 0 saturated heterocycles. The Hall–Kier alpha value is 1.82. The molecular weight excluding hydrogens is 247 g/mol. The van der Waals surface area contributed by atoms with Crippen molar-refractivity contribution in [3.05, 3.63) is 24.7 Å². The molecule has 0 radical (unpaired) electrons. The second-order valence-electron chi connectivity index (χ2n) is 4.50. The molecule has 0 N–H and O–H groups in total. The van der Waals surface area contributed by atoms with Gasteiger partial charge in [0, 0.05) is 0 Å². The molecule has 0 amide bonds. The maximum atomic E-state index is 3.25. The van der Waals surface area contributed by atoms with Crippen LogP contribution in [0.2, 0.25) is 0 Å². The summed E-state index contributed by atoms with van der Waals surface area (Å²) >= 11 is 0. The van der Waals surface area contributed by atoms with E-state index in [1.54, 1.807) is 6.92 Å².